The molecule has 1 aliphatic heterocycles. The van der Waals surface area contributed by atoms with Gasteiger partial charge >= 0.3 is 0 Å². The highest BCUT2D eigenvalue weighted by Crippen LogP contribution is 2.36. The molecule has 3 rings (SSSR count). The minimum atomic E-state index is -0.348. The summed E-state index contributed by atoms with van der Waals surface area (Å²) in [5.74, 6) is 1.55. The lowest BCUT2D eigenvalue weighted by atomic mass is 9.75. The van der Waals surface area contributed by atoms with E-state index < -0.39 is 0 Å². The molecule has 2 aliphatic rings. The summed E-state index contributed by atoms with van der Waals surface area (Å²) in [6.45, 7) is 3.48. The quantitative estimate of drug-likeness (QED) is 0.919. The van der Waals surface area contributed by atoms with Crippen LogP contribution in [0.25, 0.3) is 0 Å². The van der Waals surface area contributed by atoms with Gasteiger partial charge in [-0.1, -0.05) is 31.4 Å². The minimum absolute atomic E-state index is 0.348. The number of carbonyl (C=O) groups is 1. The van der Waals surface area contributed by atoms with Gasteiger partial charge in [0.2, 0.25) is 5.91 Å². The molecular formula is C17H24N2O. The lowest BCUT2D eigenvalue weighted by molar-refractivity contribution is 0.0820. The number of nitrogens with two attached hydrogens (primary N) is 1. The van der Waals surface area contributed by atoms with Crippen molar-refractivity contribution in [2.75, 3.05) is 13.1 Å². The molecule has 1 aromatic rings. The molecule has 0 unspecified atom stereocenters. The van der Waals surface area contributed by atoms with Crippen molar-refractivity contribution >= 4 is 5.91 Å². The first-order valence-corrected chi connectivity index (χ1v) is 7.83. The van der Waals surface area contributed by atoms with Gasteiger partial charge in [0.15, 0.2) is 0 Å². The fourth-order valence-electron chi connectivity index (χ4n) is 3.85. The molecule has 20 heavy (non-hydrogen) atoms. The molecule has 0 radical (unpaired) electrons. The number of likely N-dealkylation sites (tertiary alicyclic amines) is 1. The molecule has 0 bridgehead atoms. The van der Waals surface area contributed by atoms with Crippen molar-refractivity contribution in [3.05, 3.63) is 35.4 Å². The number of hydrogen-bond donors (Lipinski definition) is 1. The van der Waals surface area contributed by atoms with Crippen LogP contribution in [-0.4, -0.2) is 23.9 Å². The molecule has 1 amide bonds. The summed E-state index contributed by atoms with van der Waals surface area (Å²) >= 11 is 0. The predicted molar refractivity (Wildman–Crippen MR) is 80.3 cm³/mol. The van der Waals surface area contributed by atoms with Crippen LogP contribution in [0, 0.1) is 11.8 Å². The van der Waals surface area contributed by atoms with Gasteiger partial charge in [0.25, 0.3) is 0 Å². The van der Waals surface area contributed by atoms with Gasteiger partial charge in [0, 0.05) is 18.7 Å². The summed E-state index contributed by atoms with van der Waals surface area (Å²) in [5.41, 5.74) is 7.15. The van der Waals surface area contributed by atoms with E-state index >= 15 is 0 Å². The second kappa shape index (κ2) is 5.96. The highest BCUT2D eigenvalue weighted by atomic mass is 16.1. The van der Waals surface area contributed by atoms with Gasteiger partial charge in [-0.2, -0.15) is 0 Å². The van der Waals surface area contributed by atoms with Crippen molar-refractivity contribution in [2.45, 2.75) is 38.6 Å². The third-order valence-corrected chi connectivity index (χ3v) is 5.02. The van der Waals surface area contributed by atoms with E-state index in [2.05, 4.69) is 4.90 Å². The molecule has 2 fully saturated rings. The molecule has 1 saturated carbocycles. The van der Waals surface area contributed by atoms with Crippen LogP contribution in [0.4, 0.5) is 0 Å². The van der Waals surface area contributed by atoms with Gasteiger partial charge in [-0.25, -0.2) is 0 Å². The van der Waals surface area contributed by atoms with Crippen molar-refractivity contribution in [1.29, 1.82) is 0 Å². The lowest BCUT2D eigenvalue weighted by Gasteiger charge is -2.41. The number of carbonyl (C=O) groups excluding carboxylic acids is 1. The highest BCUT2D eigenvalue weighted by Gasteiger charge is 2.30. The topological polar surface area (TPSA) is 46.3 Å². The van der Waals surface area contributed by atoms with Crippen LogP contribution in [0.5, 0.6) is 0 Å². The van der Waals surface area contributed by atoms with Gasteiger partial charge in [-0.05, 0) is 48.9 Å². The van der Waals surface area contributed by atoms with Crippen molar-refractivity contribution in [3.63, 3.8) is 0 Å². The van der Waals surface area contributed by atoms with Gasteiger partial charge in [-0.15, -0.1) is 0 Å². The number of fused-ring (bicyclic) bond motifs is 1. The Morgan fingerprint density at radius 3 is 2.50 bits per heavy atom. The van der Waals surface area contributed by atoms with E-state index in [9.17, 15) is 4.79 Å². The number of amides is 1. The summed E-state index contributed by atoms with van der Waals surface area (Å²) in [7, 11) is 0. The van der Waals surface area contributed by atoms with Crippen LogP contribution in [-0.2, 0) is 6.54 Å². The molecule has 0 spiro atoms. The van der Waals surface area contributed by atoms with E-state index in [1.807, 2.05) is 24.3 Å². The van der Waals surface area contributed by atoms with Crippen LogP contribution in [0.15, 0.2) is 24.3 Å². The summed E-state index contributed by atoms with van der Waals surface area (Å²) in [5, 5.41) is 0. The maximum absolute atomic E-state index is 11.1. The largest absolute Gasteiger partial charge is 0.366 e. The Morgan fingerprint density at radius 2 is 1.80 bits per heavy atom. The Labute approximate surface area is 121 Å². The summed E-state index contributed by atoms with van der Waals surface area (Å²) in [6.07, 6.45) is 7.09. The average Bonchev–Trinajstić information content (AvgIpc) is 2.48. The van der Waals surface area contributed by atoms with E-state index in [-0.39, 0.29) is 5.91 Å². The van der Waals surface area contributed by atoms with Crippen LogP contribution in [0.3, 0.4) is 0 Å². The third-order valence-electron chi connectivity index (χ3n) is 5.02. The smallest absolute Gasteiger partial charge is 0.248 e. The Kier molecular flexibility index (Phi) is 4.06. The molecule has 3 nitrogen and oxygen atoms in total. The zero-order valence-corrected chi connectivity index (χ0v) is 12.1. The third kappa shape index (κ3) is 3.04. The fourth-order valence-corrected chi connectivity index (χ4v) is 3.85. The maximum Gasteiger partial charge on any atom is 0.248 e. The van der Waals surface area contributed by atoms with Crippen molar-refractivity contribution < 1.29 is 4.79 Å². The van der Waals surface area contributed by atoms with Gasteiger partial charge < -0.3 is 5.73 Å². The van der Waals surface area contributed by atoms with Crippen molar-refractivity contribution in [2.24, 2.45) is 17.6 Å². The van der Waals surface area contributed by atoms with E-state index in [1.54, 1.807) is 0 Å². The number of nitrogens with zero attached hydrogens (tertiary/aromatic N) is 1. The normalized spacial score (nSPS) is 27.0. The number of hydrogen-bond acceptors (Lipinski definition) is 2. The first-order valence-electron chi connectivity index (χ1n) is 7.83. The lowest BCUT2D eigenvalue weighted by Crippen LogP contribution is -2.41. The summed E-state index contributed by atoms with van der Waals surface area (Å²) in [6, 6.07) is 7.75. The van der Waals surface area contributed by atoms with Crippen molar-refractivity contribution in [1.82, 2.24) is 4.90 Å². The number of benzene rings is 1. The second-order valence-electron chi connectivity index (χ2n) is 6.39. The molecule has 1 saturated heterocycles. The number of primary amides is 1. The monoisotopic (exact) mass is 272 g/mol. The highest BCUT2D eigenvalue weighted by molar-refractivity contribution is 5.92. The average molecular weight is 272 g/mol. The Balaban J connectivity index is 1.59. The van der Waals surface area contributed by atoms with Crippen LogP contribution < -0.4 is 5.73 Å². The van der Waals surface area contributed by atoms with E-state index in [1.165, 1.54) is 50.8 Å². The standard InChI is InChI=1S/C17H24N2O/c18-17(20)15-7-5-13(6-8-15)11-19-10-9-14-3-1-2-4-16(14)12-19/h5-8,14,16H,1-4,9-12H2,(H2,18,20)/t14-,16-/m0/s1. The molecule has 108 valence electrons. The van der Waals surface area contributed by atoms with E-state index in [0.717, 1.165) is 18.4 Å². The molecule has 1 aromatic carbocycles. The SMILES string of the molecule is NC(=O)c1ccc(CN2CC[C@@H]3CCCC[C@H]3C2)cc1. The maximum atomic E-state index is 11.1. The predicted octanol–water partition coefficient (Wildman–Crippen LogP) is 2.80. The zero-order chi connectivity index (χ0) is 13.9. The molecule has 3 heteroatoms. The number of rotatable bonds is 3. The van der Waals surface area contributed by atoms with Crippen molar-refractivity contribution in [3.8, 4) is 0 Å². The molecule has 2 N–H and O–H groups in total. The van der Waals surface area contributed by atoms with Gasteiger partial charge in [-0.3, -0.25) is 9.69 Å². The first-order chi connectivity index (χ1) is 9.72. The summed E-state index contributed by atoms with van der Waals surface area (Å²) < 4.78 is 0. The fraction of sp³-hybridized carbons (Fsp3) is 0.588. The van der Waals surface area contributed by atoms with Crippen LogP contribution in [0.2, 0.25) is 0 Å². The molecule has 1 heterocycles. The molecule has 0 aromatic heterocycles. The van der Waals surface area contributed by atoms with Gasteiger partial charge in [0.1, 0.15) is 0 Å². The van der Waals surface area contributed by atoms with Crippen LogP contribution in [0.1, 0.15) is 48.0 Å². The zero-order valence-electron chi connectivity index (χ0n) is 12.1. The molecule has 1 aliphatic carbocycles. The van der Waals surface area contributed by atoms with Gasteiger partial charge in [0.05, 0.1) is 0 Å². The Morgan fingerprint density at radius 1 is 1.10 bits per heavy atom. The van der Waals surface area contributed by atoms with E-state index in [4.69, 9.17) is 5.73 Å². The second-order valence-corrected chi connectivity index (χ2v) is 6.39. The Hall–Kier alpha value is -1.35. The molecular weight excluding hydrogens is 248 g/mol. The Bertz CT molecular complexity index is 468. The molecule has 2 atom stereocenters. The van der Waals surface area contributed by atoms with Crippen LogP contribution >= 0.6 is 0 Å². The first kappa shape index (κ1) is 13.6. The number of piperidine rings is 1. The van der Waals surface area contributed by atoms with E-state index in [0.29, 0.717) is 5.56 Å². The minimum Gasteiger partial charge on any atom is -0.366 e. The summed E-state index contributed by atoms with van der Waals surface area (Å²) in [4.78, 5) is 13.6.